The number of hydrogen-bond acceptors (Lipinski definition) is 4. The topological polar surface area (TPSA) is 109 Å². The van der Waals surface area contributed by atoms with E-state index in [2.05, 4.69) is 20.5 Å². The molecule has 0 bridgehead atoms. The number of amides is 2. The number of carbonyl (C=O) groups is 1. The smallest absolute Gasteiger partial charge is 0.332 e. The predicted octanol–water partition coefficient (Wildman–Crippen LogP) is 2.46. The van der Waals surface area contributed by atoms with Crippen molar-refractivity contribution in [2.24, 2.45) is 10.8 Å². The third-order valence-corrected chi connectivity index (χ3v) is 3.57. The summed E-state index contributed by atoms with van der Waals surface area (Å²) in [5.41, 5.74) is 10.5. The van der Waals surface area contributed by atoms with E-state index in [-0.39, 0.29) is 5.55 Å². The van der Waals surface area contributed by atoms with Crippen LogP contribution in [0, 0.1) is 0 Å². The largest absolute Gasteiger partial charge is 0.436 e. The van der Waals surface area contributed by atoms with Crippen LogP contribution in [0.25, 0.3) is 33.4 Å². The standard InChI is InChI=1S/C17H13N5O2/c18-17(23)22-21-16-11(9-10-5-1-4-8-14(10)24-16)15-19-12-6-2-3-7-13(12)20-15/h1-9H,(H,19,20)(H3,18,22,23). The van der Waals surface area contributed by atoms with Gasteiger partial charge in [0.15, 0.2) is 0 Å². The van der Waals surface area contributed by atoms with Gasteiger partial charge in [-0.2, -0.15) is 0 Å². The maximum absolute atomic E-state index is 11.0. The Balaban J connectivity index is 1.99. The quantitative estimate of drug-likeness (QED) is 0.494. The summed E-state index contributed by atoms with van der Waals surface area (Å²) in [6.07, 6.45) is 0. The molecule has 24 heavy (non-hydrogen) atoms. The van der Waals surface area contributed by atoms with Crippen LogP contribution in [-0.4, -0.2) is 16.0 Å². The third-order valence-electron chi connectivity index (χ3n) is 3.57. The zero-order chi connectivity index (χ0) is 16.5. The number of urea groups is 1. The SMILES string of the molecule is NC(=O)NN=c1oc2ccccc2cc1-c1nc2ccccc2[nH]1. The molecule has 0 unspecified atom stereocenters. The molecule has 0 radical (unpaired) electrons. The second kappa shape index (κ2) is 5.54. The van der Waals surface area contributed by atoms with E-state index in [1.165, 1.54) is 0 Å². The monoisotopic (exact) mass is 319 g/mol. The summed E-state index contributed by atoms with van der Waals surface area (Å²) >= 11 is 0. The number of nitrogens with one attached hydrogen (secondary N) is 2. The third kappa shape index (κ3) is 2.48. The van der Waals surface area contributed by atoms with Crippen molar-refractivity contribution in [2.75, 3.05) is 0 Å². The molecule has 118 valence electrons. The Hall–Kier alpha value is -3.61. The van der Waals surface area contributed by atoms with E-state index in [1.807, 2.05) is 54.6 Å². The van der Waals surface area contributed by atoms with Crippen molar-refractivity contribution < 1.29 is 9.21 Å². The summed E-state index contributed by atoms with van der Waals surface area (Å²) in [6.45, 7) is 0. The van der Waals surface area contributed by atoms with Crippen LogP contribution in [0.15, 0.2) is 64.1 Å². The van der Waals surface area contributed by atoms with Gasteiger partial charge in [-0.05, 0) is 24.3 Å². The zero-order valence-electron chi connectivity index (χ0n) is 12.5. The fourth-order valence-corrected chi connectivity index (χ4v) is 2.51. The molecule has 0 aliphatic rings. The van der Waals surface area contributed by atoms with Crippen LogP contribution in [0.3, 0.4) is 0 Å². The average molecular weight is 319 g/mol. The molecule has 0 atom stereocenters. The number of nitrogens with two attached hydrogens (primary N) is 1. The predicted molar refractivity (Wildman–Crippen MR) is 89.6 cm³/mol. The summed E-state index contributed by atoms with van der Waals surface area (Å²) in [4.78, 5) is 18.8. The Bertz CT molecular complexity index is 1090. The summed E-state index contributed by atoms with van der Waals surface area (Å²) in [6, 6.07) is 16.3. The van der Waals surface area contributed by atoms with Gasteiger partial charge in [0, 0.05) is 5.39 Å². The number of nitrogens with zero attached hydrogens (tertiary/aromatic N) is 2. The molecule has 7 nitrogen and oxygen atoms in total. The highest BCUT2D eigenvalue weighted by molar-refractivity contribution is 5.83. The summed E-state index contributed by atoms with van der Waals surface area (Å²) in [7, 11) is 0. The van der Waals surface area contributed by atoms with Crippen LogP contribution in [0.2, 0.25) is 0 Å². The van der Waals surface area contributed by atoms with Gasteiger partial charge in [0.1, 0.15) is 11.4 Å². The highest BCUT2D eigenvalue weighted by atomic mass is 16.3. The van der Waals surface area contributed by atoms with Crippen molar-refractivity contribution in [3.8, 4) is 11.4 Å². The van der Waals surface area contributed by atoms with E-state index in [1.54, 1.807) is 0 Å². The van der Waals surface area contributed by atoms with Gasteiger partial charge in [-0.25, -0.2) is 15.2 Å². The average Bonchev–Trinajstić information content (AvgIpc) is 3.03. The molecule has 2 heterocycles. The minimum Gasteiger partial charge on any atom is -0.436 e. The number of hydrogen-bond donors (Lipinski definition) is 3. The van der Waals surface area contributed by atoms with Crippen LogP contribution in [0.4, 0.5) is 4.79 Å². The molecule has 2 aromatic heterocycles. The number of para-hydroxylation sites is 3. The number of carbonyl (C=O) groups excluding carboxylic acids is 1. The van der Waals surface area contributed by atoms with E-state index >= 15 is 0 Å². The molecule has 0 aliphatic carbocycles. The highest BCUT2D eigenvalue weighted by Gasteiger charge is 2.11. The van der Waals surface area contributed by atoms with Crippen LogP contribution in [0.1, 0.15) is 0 Å². The fourth-order valence-electron chi connectivity index (χ4n) is 2.51. The number of benzene rings is 2. The van der Waals surface area contributed by atoms with Crippen molar-refractivity contribution >= 4 is 28.0 Å². The van der Waals surface area contributed by atoms with Crippen LogP contribution in [-0.2, 0) is 0 Å². The van der Waals surface area contributed by atoms with Gasteiger partial charge < -0.3 is 15.1 Å². The number of fused-ring (bicyclic) bond motifs is 2. The first kappa shape index (κ1) is 14.0. The fraction of sp³-hybridized carbons (Fsp3) is 0. The lowest BCUT2D eigenvalue weighted by Crippen LogP contribution is -2.27. The van der Waals surface area contributed by atoms with E-state index in [9.17, 15) is 4.79 Å². The highest BCUT2D eigenvalue weighted by Crippen LogP contribution is 2.21. The molecular formula is C17H13N5O2. The number of primary amides is 1. The molecular weight excluding hydrogens is 306 g/mol. The van der Waals surface area contributed by atoms with Gasteiger partial charge in [0.25, 0.3) is 0 Å². The Morgan fingerprint density at radius 1 is 1.17 bits per heavy atom. The first-order chi connectivity index (χ1) is 11.7. The number of aromatic nitrogens is 2. The van der Waals surface area contributed by atoms with Gasteiger partial charge in [0.2, 0.25) is 5.55 Å². The molecule has 4 aromatic rings. The van der Waals surface area contributed by atoms with Gasteiger partial charge in [-0.1, -0.05) is 30.3 Å². The Kier molecular flexibility index (Phi) is 3.24. The second-order valence-corrected chi connectivity index (χ2v) is 5.19. The van der Waals surface area contributed by atoms with Gasteiger partial charge in [0.05, 0.1) is 16.6 Å². The molecule has 4 rings (SSSR count). The van der Waals surface area contributed by atoms with E-state index in [0.29, 0.717) is 17.0 Å². The van der Waals surface area contributed by atoms with Crippen molar-refractivity contribution in [3.05, 3.63) is 60.2 Å². The number of rotatable bonds is 2. The molecule has 4 N–H and O–H groups in total. The Morgan fingerprint density at radius 3 is 2.79 bits per heavy atom. The van der Waals surface area contributed by atoms with Crippen LogP contribution in [0.5, 0.6) is 0 Å². The zero-order valence-corrected chi connectivity index (χ0v) is 12.5. The molecule has 0 saturated carbocycles. The lowest BCUT2D eigenvalue weighted by molar-refractivity contribution is 0.248. The summed E-state index contributed by atoms with van der Waals surface area (Å²) in [5, 5.41) is 4.85. The molecule has 0 saturated heterocycles. The molecule has 7 heteroatoms. The lowest BCUT2D eigenvalue weighted by atomic mass is 10.2. The molecule has 2 aromatic carbocycles. The molecule has 0 spiro atoms. The number of H-pyrrole nitrogens is 1. The molecule has 2 amide bonds. The van der Waals surface area contributed by atoms with E-state index in [4.69, 9.17) is 10.2 Å². The normalized spacial score (nSPS) is 11.9. The van der Waals surface area contributed by atoms with Crippen LogP contribution < -0.4 is 16.7 Å². The maximum atomic E-state index is 11.0. The number of imidazole rings is 1. The maximum Gasteiger partial charge on any atom is 0.332 e. The summed E-state index contributed by atoms with van der Waals surface area (Å²) in [5.74, 6) is 0.593. The van der Waals surface area contributed by atoms with E-state index in [0.717, 1.165) is 16.4 Å². The second-order valence-electron chi connectivity index (χ2n) is 5.19. The Morgan fingerprint density at radius 2 is 1.96 bits per heavy atom. The van der Waals surface area contributed by atoms with Crippen molar-refractivity contribution in [1.29, 1.82) is 0 Å². The van der Waals surface area contributed by atoms with Crippen LogP contribution >= 0.6 is 0 Å². The van der Waals surface area contributed by atoms with Crippen molar-refractivity contribution in [2.45, 2.75) is 0 Å². The van der Waals surface area contributed by atoms with Gasteiger partial charge >= 0.3 is 6.03 Å². The first-order valence-corrected chi connectivity index (χ1v) is 7.28. The van der Waals surface area contributed by atoms with Gasteiger partial charge in [-0.3, -0.25) is 0 Å². The van der Waals surface area contributed by atoms with Crippen molar-refractivity contribution in [1.82, 2.24) is 15.4 Å². The van der Waals surface area contributed by atoms with Gasteiger partial charge in [-0.15, -0.1) is 5.10 Å². The van der Waals surface area contributed by atoms with Crippen molar-refractivity contribution in [3.63, 3.8) is 0 Å². The Labute approximate surface area is 135 Å². The minimum absolute atomic E-state index is 0.214. The van der Waals surface area contributed by atoms with E-state index < -0.39 is 6.03 Å². The number of aromatic amines is 1. The first-order valence-electron chi connectivity index (χ1n) is 7.28. The lowest BCUT2D eigenvalue weighted by Gasteiger charge is -2.02. The molecule has 0 aliphatic heterocycles. The molecule has 0 fully saturated rings. The summed E-state index contributed by atoms with van der Waals surface area (Å²) < 4.78 is 5.80. The minimum atomic E-state index is -0.770.